The van der Waals surface area contributed by atoms with Crippen molar-refractivity contribution in [1.29, 1.82) is 0 Å². The summed E-state index contributed by atoms with van der Waals surface area (Å²) in [6.07, 6.45) is 0. The van der Waals surface area contributed by atoms with Crippen LogP contribution in [0.5, 0.6) is 0 Å². The molecule has 0 radical (unpaired) electrons. The molecule has 9 heteroatoms. The Morgan fingerprint density at radius 2 is 1.48 bits per heavy atom. The third-order valence-corrected chi connectivity index (χ3v) is 4.91. The number of anilines is 1. The van der Waals surface area contributed by atoms with Crippen molar-refractivity contribution in [3.8, 4) is 0 Å². The second-order valence-electron chi connectivity index (χ2n) is 4.10. The van der Waals surface area contributed by atoms with Crippen LogP contribution in [0.25, 0.3) is 0 Å². The highest BCUT2D eigenvalue weighted by Crippen LogP contribution is 2.23. The molecule has 2 rings (SSSR count). The number of sulfonamides is 2. The molecule has 0 bridgehead atoms. The number of para-hydroxylation sites is 1. The molecule has 2 aromatic carbocycles. The number of halogens is 1. The minimum atomic E-state index is -4.08. The van der Waals surface area contributed by atoms with Crippen LogP contribution in [0.1, 0.15) is 0 Å². The van der Waals surface area contributed by atoms with E-state index in [0.717, 1.165) is 24.3 Å². The quantitative estimate of drug-likeness (QED) is 0.880. The molecule has 0 amide bonds. The lowest BCUT2D eigenvalue weighted by Gasteiger charge is -2.11. The third-order valence-electron chi connectivity index (χ3n) is 2.56. The van der Waals surface area contributed by atoms with Crippen LogP contribution in [0.4, 0.5) is 10.1 Å². The Kier molecular flexibility index (Phi) is 3.99. The van der Waals surface area contributed by atoms with E-state index in [2.05, 4.69) is 4.72 Å². The molecule has 0 spiro atoms. The molecule has 21 heavy (non-hydrogen) atoms. The van der Waals surface area contributed by atoms with Gasteiger partial charge in [0.1, 0.15) is 10.7 Å². The minimum Gasteiger partial charge on any atom is -0.278 e. The fraction of sp³-hybridized carbons (Fsp3) is 0. The van der Waals surface area contributed by atoms with Crippen LogP contribution >= 0.6 is 0 Å². The standard InChI is InChI=1S/C12H11FN2O4S2/c13-9-5-7-10(8-6-9)21(18,19)15-11-3-1-2-4-12(11)20(14,16)17/h1-8,15H,(H2,14,16,17). The van der Waals surface area contributed by atoms with Gasteiger partial charge in [-0.25, -0.2) is 26.4 Å². The molecule has 0 saturated heterocycles. The average molecular weight is 330 g/mol. The first-order valence-electron chi connectivity index (χ1n) is 5.60. The molecule has 3 N–H and O–H groups in total. The van der Waals surface area contributed by atoms with Gasteiger partial charge in [-0.1, -0.05) is 12.1 Å². The minimum absolute atomic E-state index is 0.177. The summed E-state index contributed by atoms with van der Waals surface area (Å²) in [6.45, 7) is 0. The lowest BCUT2D eigenvalue weighted by atomic mass is 10.3. The van der Waals surface area contributed by atoms with Crippen LogP contribution in [0, 0.1) is 5.82 Å². The van der Waals surface area contributed by atoms with Gasteiger partial charge in [0.25, 0.3) is 10.0 Å². The maximum atomic E-state index is 12.8. The van der Waals surface area contributed by atoms with Gasteiger partial charge in [0.15, 0.2) is 0 Å². The molecule has 0 aliphatic carbocycles. The van der Waals surface area contributed by atoms with Crippen molar-refractivity contribution in [2.45, 2.75) is 9.79 Å². The Hall–Kier alpha value is -1.97. The molecule has 0 atom stereocenters. The lowest BCUT2D eigenvalue weighted by Crippen LogP contribution is -2.18. The van der Waals surface area contributed by atoms with Crippen molar-refractivity contribution in [2.75, 3.05) is 4.72 Å². The van der Waals surface area contributed by atoms with E-state index in [-0.39, 0.29) is 15.5 Å². The molecular formula is C12H11FN2O4S2. The van der Waals surface area contributed by atoms with Crippen LogP contribution in [-0.2, 0) is 20.0 Å². The van der Waals surface area contributed by atoms with Gasteiger partial charge >= 0.3 is 0 Å². The largest absolute Gasteiger partial charge is 0.278 e. The van der Waals surface area contributed by atoms with E-state index in [9.17, 15) is 21.2 Å². The molecule has 0 heterocycles. The van der Waals surface area contributed by atoms with Crippen molar-refractivity contribution < 1.29 is 21.2 Å². The van der Waals surface area contributed by atoms with E-state index in [1.165, 1.54) is 24.3 Å². The Morgan fingerprint density at radius 1 is 0.905 bits per heavy atom. The first kappa shape index (κ1) is 15.4. The fourth-order valence-electron chi connectivity index (χ4n) is 1.62. The molecule has 112 valence electrons. The van der Waals surface area contributed by atoms with Gasteiger partial charge in [-0.15, -0.1) is 0 Å². The van der Waals surface area contributed by atoms with Crippen LogP contribution in [0.2, 0.25) is 0 Å². The SMILES string of the molecule is NS(=O)(=O)c1ccccc1NS(=O)(=O)c1ccc(F)cc1. The highest BCUT2D eigenvalue weighted by Gasteiger charge is 2.19. The van der Waals surface area contributed by atoms with Gasteiger partial charge in [-0.3, -0.25) is 4.72 Å². The number of nitrogens with two attached hydrogens (primary N) is 1. The van der Waals surface area contributed by atoms with Gasteiger partial charge in [-0.05, 0) is 36.4 Å². The maximum absolute atomic E-state index is 12.8. The molecule has 0 fully saturated rings. The third kappa shape index (κ3) is 3.57. The van der Waals surface area contributed by atoms with E-state index in [1.54, 1.807) is 0 Å². The molecule has 0 unspecified atom stereocenters. The van der Waals surface area contributed by atoms with E-state index in [4.69, 9.17) is 5.14 Å². The fourth-order valence-corrected chi connectivity index (χ4v) is 3.45. The molecular weight excluding hydrogens is 319 g/mol. The molecule has 0 aliphatic heterocycles. The van der Waals surface area contributed by atoms with Crippen molar-refractivity contribution in [2.24, 2.45) is 5.14 Å². The molecule has 6 nitrogen and oxygen atoms in total. The predicted octanol–water partition coefficient (Wildman–Crippen LogP) is 1.27. The lowest BCUT2D eigenvalue weighted by molar-refractivity contribution is 0.598. The number of nitrogens with one attached hydrogen (secondary N) is 1. The van der Waals surface area contributed by atoms with Crippen LogP contribution in [0.3, 0.4) is 0 Å². The summed E-state index contributed by atoms with van der Waals surface area (Å²) in [5.41, 5.74) is -0.177. The molecule has 2 aromatic rings. The number of benzene rings is 2. The summed E-state index contributed by atoms with van der Waals surface area (Å²) in [5, 5.41) is 5.02. The van der Waals surface area contributed by atoms with Crippen LogP contribution in [0.15, 0.2) is 58.3 Å². The first-order valence-corrected chi connectivity index (χ1v) is 8.63. The average Bonchev–Trinajstić information content (AvgIpc) is 2.38. The zero-order chi connectivity index (χ0) is 15.7. The Bertz CT molecular complexity index is 862. The Morgan fingerprint density at radius 3 is 2.05 bits per heavy atom. The van der Waals surface area contributed by atoms with Gasteiger partial charge < -0.3 is 0 Å². The first-order chi connectivity index (χ1) is 9.70. The second kappa shape index (κ2) is 5.43. The van der Waals surface area contributed by atoms with Gasteiger partial charge in [0.05, 0.1) is 10.6 Å². The topological polar surface area (TPSA) is 106 Å². The predicted molar refractivity (Wildman–Crippen MR) is 75.0 cm³/mol. The Labute approximate surface area is 121 Å². The van der Waals surface area contributed by atoms with Crippen molar-refractivity contribution in [3.63, 3.8) is 0 Å². The summed E-state index contributed by atoms with van der Waals surface area (Å²) in [6, 6.07) is 9.42. The number of primary sulfonamides is 1. The van der Waals surface area contributed by atoms with Crippen LogP contribution < -0.4 is 9.86 Å². The summed E-state index contributed by atoms with van der Waals surface area (Å²) in [7, 11) is -8.13. The molecule has 0 aliphatic rings. The zero-order valence-corrected chi connectivity index (χ0v) is 12.2. The number of hydrogen-bond acceptors (Lipinski definition) is 4. The van der Waals surface area contributed by atoms with Gasteiger partial charge in [-0.2, -0.15) is 0 Å². The monoisotopic (exact) mass is 330 g/mol. The summed E-state index contributed by atoms with van der Waals surface area (Å²) >= 11 is 0. The van der Waals surface area contributed by atoms with Crippen LogP contribution in [-0.4, -0.2) is 16.8 Å². The Balaban J connectivity index is 2.45. The second-order valence-corrected chi connectivity index (χ2v) is 7.31. The molecule has 0 saturated carbocycles. The van der Waals surface area contributed by atoms with Crippen molar-refractivity contribution >= 4 is 25.7 Å². The summed E-state index contributed by atoms with van der Waals surface area (Å²) in [4.78, 5) is -0.552. The zero-order valence-electron chi connectivity index (χ0n) is 10.5. The van der Waals surface area contributed by atoms with Crippen molar-refractivity contribution in [1.82, 2.24) is 0 Å². The van der Waals surface area contributed by atoms with E-state index in [0.29, 0.717) is 0 Å². The number of rotatable bonds is 4. The van der Waals surface area contributed by atoms with Gasteiger partial charge in [0.2, 0.25) is 10.0 Å². The van der Waals surface area contributed by atoms with E-state index < -0.39 is 25.9 Å². The highest BCUT2D eigenvalue weighted by atomic mass is 32.2. The summed E-state index contributed by atoms with van der Waals surface area (Å²) < 4.78 is 62.0. The number of hydrogen-bond donors (Lipinski definition) is 2. The molecule has 0 aromatic heterocycles. The highest BCUT2D eigenvalue weighted by molar-refractivity contribution is 7.93. The smallest absolute Gasteiger partial charge is 0.261 e. The maximum Gasteiger partial charge on any atom is 0.261 e. The normalized spacial score (nSPS) is 12.1. The van der Waals surface area contributed by atoms with Crippen molar-refractivity contribution in [3.05, 3.63) is 54.3 Å². The van der Waals surface area contributed by atoms with Gasteiger partial charge in [0, 0.05) is 0 Å². The summed E-state index contributed by atoms with van der Waals surface area (Å²) in [5.74, 6) is -0.584. The van der Waals surface area contributed by atoms with E-state index >= 15 is 0 Å². The van der Waals surface area contributed by atoms with E-state index in [1.807, 2.05) is 0 Å².